The van der Waals surface area contributed by atoms with Gasteiger partial charge in [0.1, 0.15) is 6.04 Å². The number of hydrogen-bond acceptors (Lipinski definition) is 5. The quantitative estimate of drug-likeness (QED) is 0.557. The summed E-state index contributed by atoms with van der Waals surface area (Å²) in [5, 5.41) is 13.8. The van der Waals surface area contributed by atoms with Gasteiger partial charge < -0.3 is 5.32 Å². The minimum Gasteiger partial charge on any atom is -0.352 e. The smallest absolute Gasteiger partial charge is 0.271 e. The van der Waals surface area contributed by atoms with Crippen LogP contribution in [0.25, 0.3) is 0 Å². The SMILES string of the molecule is CCC(C(=O)NC(C)C(C)C)N(c1cccc([N+](=O)[O-])c1)S(C)(=O)=O. The standard InChI is InChI=1S/C16H25N3O5S/c1-6-15(16(20)17-12(4)11(2)3)18(25(5,23)24)13-8-7-9-14(10-13)19(21)22/h7-12,15H,6H2,1-5H3,(H,17,20). The highest BCUT2D eigenvalue weighted by molar-refractivity contribution is 7.92. The van der Waals surface area contributed by atoms with E-state index in [0.29, 0.717) is 0 Å². The maximum absolute atomic E-state index is 12.6. The van der Waals surface area contributed by atoms with E-state index in [1.54, 1.807) is 6.92 Å². The van der Waals surface area contributed by atoms with Gasteiger partial charge in [0.05, 0.1) is 16.9 Å². The molecule has 0 saturated heterocycles. The molecule has 8 nitrogen and oxygen atoms in total. The number of nitrogens with one attached hydrogen (secondary N) is 1. The van der Waals surface area contributed by atoms with Crippen molar-refractivity contribution in [1.82, 2.24) is 5.32 Å². The van der Waals surface area contributed by atoms with Crippen molar-refractivity contribution >= 4 is 27.3 Å². The number of benzene rings is 1. The fourth-order valence-electron chi connectivity index (χ4n) is 2.29. The molecule has 140 valence electrons. The van der Waals surface area contributed by atoms with E-state index in [4.69, 9.17) is 0 Å². The van der Waals surface area contributed by atoms with Gasteiger partial charge in [0.25, 0.3) is 5.69 Å². The molecule has 1 aromatic rings. The van der Waals surface area contributed by atoms with E-state index in [-0.39, 0.29) is 29.8 Å². The molecule has 1 aromatic carbocycles. The molecule has 0 fully saturated rings. The van der Waals surface area contributed by atoms with Crippen LogP contribution in [-0.2, 0) is 14.8 Å². The van der Waals surface area contributed by atoms with E-state index < -0.39 is 26.9 Å². The highest BCUT2D eigenvalue weighted by atomic mass is 32.2. The predicted molar refractivity (Wildman–Crippen MR) is 96.9 cm³/mol. The molecule has 1 rings (SSSR count). The van der Waals surface area contributed by atoms with Crippen LogP contribution in [-0.4, -0.2) is 37.6 Å². The lowest BCUT2D eigenvalue weighted by Gasteiger charge is -2.31. The molecule has 0 aliphatic carbocycles. The maximum atomic E-state index is 12.6. The van der Waals surface area contributed by atoms with E-state index >= 15 is 0 Å². The van der Waals surface area contributed by atoms with Gasteiger partial charge in [-0.05, 0) is 25.3 Å². The van der Waals surface area contributed by atoms with Crippen LogP contribution < -0.4 is 9.62 Å². The number of nitro groups is 1. The third-order valence-electron chi connectivity index (χ3n) is 3.99. The Morgan fingerprint density at radius 1 is 1.32 bits per heavy atom. The van der Waals surface area contributed by atoms with Crippen molar-refractivity contribution in [3.05, 3.63) is 34.4 Å². The summed E-state index contributed by atoms with van der Waals surface area (Å²) in [7, 11) is -3.82. The van der Waals surface area contributed by atoms with Crippen molar-refractivity contribution in [3.63, 3.8) is 0 Å². The number of amides is 1. The number of non-ortho nitro benzene ring substituents is 1. The van der Waals surface area contributed by atoms with Crippen LogP contribution in [0.1, 0.15) is 34.1 Å². The van der Waals surface area contributed by atoms with Crippen molar-refractivity contribution in [2.24, 2.45) is 5.92 Å². The van der Waals surface area contributed by atoms with E-state index in [1.165, 1.54) is 18.2 Å². The lowest BCUT2D eigenvalue weighted by atomic mass is 10.1. The van der Waals surface area contributed by atoms with Crippen LogP contribution in [0, 0.1) is 16.0 Å². The van der Waals surface area contributed by atoms with Crippen LogP contribution in [0.2, 0.25) is 0 Å². The van der Waals surface area contributed by atoms with Gasteiger partial charge in [-0.25, -0.2) is 8.42 Å². The summed E-state index contributed by atoms with van der Waals surface area (Å²) < 4.78 is 25.6. The Labute approximate surface area is 148 Å². The number of nitro benzene ring substituents is 1. The molecule has 9 heteroatoms. The Balaban J connectivity index is 3.31. The zero-order valence-corrected chi connectivity index (χ0v) is 15.9. The van der Waals surface area contributed by atoms with Crippen LogP contribution in [0.15, 0.2) is 24.3 Å². The second-order valence-electron chi connectivity index (χ2n) is 6.30. The van der Waals surface area contributed by atoms with Crippen LogP contribution in [0.5, 0.6) is 0 Å². The fourth-order valence-corrected chi connectivity index (χ4v) is 3.49. The Morgan fingerprint density at radius 2 is 1.92 bits per heavy atom. The van der Waals surface area contributed by atoms with Gasteiger partial charge in [-0.1, -0.05) is 26.8 Å². The number of rotatable bonds is 8. The van der Waals surface area contributed by atoms with E-state index in [1.807, 2.05) is 20.8 Å². The predicted octanol–water partition coefficient (Wildman–Crippen LogP) is 2.30. The van der Waals surface area contributed by atoms with Gasteiger partial charge in [-0.15, -0.1) is 0 Å². The van der Waals surface area contributed by atoms with Gasteiger partial charge in [-0.3, -0.25) is 19.2 Å². The van der Waals surface area contributed by atoms with Crippen molar-refractivity contribution in [2.45, 2.75) is 46.2 Å². The molecular weight excluding hydrogens is 346 g/mol. The summed E-state index contributed by atoms with van der Waals surface area (Å²) in [6, 6.07) is 4.14. The highest BCUT2D eigenvalue weighted by Crippen LogP contribution is 2.26. The lowest BCUT2D eigenvalue weighted by Crippen LogP contribution is -2.52. The summed E-state index contributed by atoms with van der Waals surface area (Å²) in [5.41, 5.74) is -0.146. The average molecular weight is 371 g/mol. The molecule has 25 heavy (non-hydrogen) atoms. The second kappa shape index (κ2) is 8.28. The molecule has 0 aromatic heterocycles. The maximum Gasteiger partial charge on any atom is 0.271 e. The molecule has 2 atom stereocenters. The van der Waals surface area contributed by atoms with Crippen molar-refractivity contribution in [1.29, 1.82) is 0 Å². The van der Waals surface area contributed by atoms with E-state index in [9.17, 15) is 23.3 Å². The number of sulfonamides is 1. The van der Waals surface area contributed by atoms with Gasteiger partial charge in [-0.2, -0.15) is 0 Å². The second-order valence-corrected chi connectivity index (χ2v) is 8.16. The molecule has 0 aliphatic rings. The molecule has 0 radical (unpaired) electrons. The first-order chi connectivity index (χ1) is 11.5. The summed E-state index contributed by atoms with van der Waals surface area (Å²) in [5.74, 6) is -0.244. The molecule has 1 N–H and O–H groups in total. The van der Waals surface area contributed by atoms with Gasteiger partial charge >= 0.3 is 0 Å². The van der Waals surface area contributed by atoms with Crippen LogP contribution in [0.3, 0.4) is 0 Å². The molecule has 0 bridgehead atoms. The third-order valence-corrected chi connectivity index (χ3v) is 5.17. The Kier molecular flexibility index (Phi) is 6.92. The summed E-state index contributed by atoms with van der Waals surface area (Å²) in [6.07, 6.45) is 1.21. The third kappa shape index (κ3) is 5.42. The Morgan fingerprint density at radius 3 is 2.36 bits per heavy atom. The van der Waals surface area contributed by atoms with E-state index in [2.05, 4.69) is 5.32 Å². The number of nitrogens with zero attached hydrogens (tertiary/aromatic N) is 2. The van der Waals surface area contributed by atoms with Crippen LogP contribution in [0.4, 0.5) is 11.4 Å². The summed E-state index contributed by atoms with van der Waals surface area (Å²) in [4.78, 5) is 23.0. The molecular formula is C16H25N3O5S. The number of carbonyl (C=O) groups excluding carboxylic acids is 1. The Hall–Kier alpha value is -2.16. The lowest BCUT2D eigenvalue weighted by molar-refractivity contribution is -0.384. The van der Waals surface area contributed by atoms with Gasteiger partial charge in [0.15, 0.2) is 0 Å². The monoisotopic (exact) mass is 371 g/mol. The Bertz CT molecular complexity index is 733. The normalized spacial score (nSPS) is 14.0. The average Bonchev–Trinajstić information content (AvgIpc) is 2.50. The minimum atomic E-state index is -3.82. The van der Waals surface area contributed by atoms with E-state index in [0.717, 1.165) is 16.6 Å². The largest absolute Gasteiger partial charge is 0.352 e. The topological polar surface area (TPSA) is 110 Å². The molecule has 2 unspecified atom stereocenters. The molecule has 1 amide bonds. The number of carbonyl (C=O) groups is 1. The summed E-state index contributed by atoms with van der Waals surface area (Å²) in [6.45, 7) is 7.43. The number of anilines is 1. The van der Waals surface area contributed by atoms with Crippen molar-refractivity contribution < 1.29 is 18.1 Å². The van der Waals surface area contributed by atoms with Gasteiger partial charge in [0, 0.05) is 18.2 Å². The first-order valence-corrected chi connectivity index (χ1v) is 9.88. The minimum absolute atomic E-state index is 0.0934. The highest BCUT2D eigenvalue weighted by Gasteiger charge is 2.33. The van der Waals surface area contributed by atoms with Crippen molar-refractivity contribution in [2.75, 3.05) is 10.6 Å². The first-order valence-electron chi connectivity index (χ1n) is 8.03. The molecule has 0 heterocycles. The molecule has 0 aliphatic heterocycles. The zero-order valence-electron chi connectivity index (χ0n) is 15.1. The number of hydrogen-bond donors (Lipinski definition) is 1. The first kappa shape index (κ1) is 20.9. The fraction of sp³-hybridized carbons (Fsp3) is 0.562. The van der Waals surface area contributed by atoms with Crippen LogP contribution >= 0.6 is 0 Å². The van der Waals surface area contributed by atoms with Crippen molar-refractivity contribution in [3.8, 4) is 0 Å². The van der Waals surface area contributed by atoms with Gasteiger partial charge in [0.2, 0.25) is 15.9 Å². The molecule has 0 spiro atoms. The molecule has 0 saturated carbocycles. The zero-order chi connectivity index (χ0) is 19.4. The summed E-state index contributed by atoms with van der Waals surface area (Å²) >= 11 is 0.